The summed E-state index contributed by atoms with van der Waals surface area (Å²) in [6.45, 7) is 6.18. The van der Waals surface area contributed by atoms with E-state index in [2.05, 4.69) is 4.98 Å². The number of hydrogen-bond acceptors (Lipinski definition) is 3. The molecule has 0 saturated carbocycles. The third-order valence-corrected chi connectivity index (χ3v) is 2.48. The molecule has 1 aromatic heterocycles. The number of aromatic nitrogens is 1. The van der Waals surface area contributed by atoms with Gasteiger partial charge in [-0.05, 0) is 18.6 Å². The monoisotopic (exact) mass is 273 g/mol. The van der Waals surface area contributed by atoms with E-state index in [1.54, 1.807) is 0 Å². The van der Waals surface area contributed by atoms with Crippen molar-refractivity contribution in [3.05, 3.63) is 69.6 Å². The predicted octanol–water partition coefficient (Wildman–Crippen LogP) is 3.07. The van der Waals surface area contributed by atoms with Crippen LogP contribution in [-0.2, 0) is 11.3 Å². The second-order valence-corrected chi connectivity index (χ2v) is 3.99. The number of esters is 1. The average molecular weight is 273 g/mol. The van der Waals surface area contributed by atoms with Gasteiger partial charge in [0.05, 0.1) is 0 Å². The van der Waals surface area contributed by atoms with Crippen molar-refractivity contribution in [1.82, 2.24) is 4.98 Å². The third kappa shape index (κ3) is 4.72. The highest BCUT2D eigenvalue weighted by atomic mass is 16.5. The van der Waals surface area contributed by atoms with E-state index in [-0.39, 0.29) is 17.9 Å². The van der Waals surface area contributed by atoms with Crippen molar-refractivity contribution in [1.29, 1.82) is 0 Å². The molecule has 0 saturated heterocycles. The van der Waals surface area contributed by atoms with E-state index in [9.17, 15) is 9.59 Å². The fraction of sp³-hybridized carbons (Fsp3) is 0.250. The Morgan fingerprint density at radius 1 is 1.10 bits per heavy atom. The summed E-state index contributed by atoms with van der Waals surface area (Å²) < 4.78 is 5.10. The number of pyridine rings is 1. The van der Waals surface area contributed by atoms with Crippen LogP contribution in [0.2, 0.25) is 0 Å². The lowest BCUT2D eigenvalue weighted by Crippen LogP contribution is -2.13. The molecule has 20 heavy (non-hydrogen) atoms. The average Bonchev–Trinajstić information content (AvgIpc) is 2.48. The van der Waals surface area contributed by atoms with Gasteiger partial charge in [0, 0.05) is 6.07 Å². The summed E-state index contributed by atoms with van der Waals surface area (Å²) in [4.78, 5) is 25.1. The molecular formula is C16H19NO3. The Bertz CT molecular complexity index is 600. The van der Waals surface area contributed by atoms with Gasteiger partial charge in [0.2, 0.25) is 5.56 Å². The number of hydrogen-bond donors (Lipinski definition) is 1. The zero-order valence-corrected chi connectivity index (χ0v) is 12.0. The predicted molar refractivity (Wildman–Crippen MR) is 78.7 cm³/mol. The van der Waals surface area contributed by atoms with Crippen molar-refractivity contribution >= 4 is 5.97 Å². The van der Waals surface area contributed by atoms with Gasteiger partial charge in [-0.1, -0.05) is 49.7 Å². The van der Waals surface area contributed by atoms with Gasteiger partial charge < -0.3 is 9.72 Å². The van der Waals surface area contributed by atoms with Crippen LogP contribution in [0.15, 0.2) is 47.3 Å². The first-order valence-electron chi connectivity index (χ1n) is 6.57. The minimum Gasteiger partial charge on any atom is -0.456 e. The molecule has 0 aliphatic rings. The molecule has 0 aliphatic carbocycles. The van der Waals surface area contributed by atoms with Crippen molar-refractivity contribution in [2.24, 2.45) is 0 Å². The first-order valence-corrected chi connectivity index (χ1v) is 6.57. The lowest BCUT2D eigenvalue weighted by molar-refractivity contribution is 0.0465. The fourth-order valence-electron chi connectivity index (χ4n) is 1.48. The van der Waals surface area contributed by atoms with Crippen LogP contribution in [0.3, 0.4) is 0 Å². The maximum Gasteiger partial charge on any atom is 0.355 e. The summed E-state index contributed by atoms with van der Waals surface area (Å²) in [6, 6.07) is 12.1. The third-order valence-electron chi connectivity index (χ3n) is 2.48. The van der Waals surface area contributed by atoms with Gasteiger partial charge in [-0.2, -0.15) is 0 Å². The molecule has 106 valence electrons. The van der Waals surface area contributed by atoms with Crippen molar-refractivity contribution in [2.45, 2.75) is 27.4 Å². The number of aromatic amines is 1. The Morgan fingerprint density at radius 2 is 1.75 bits per heavy atom. The quantitative estimate of drug-likeness (QED) is 0.874. The van der Waals surface area contributed by atoms with E-state index in [1.165, 1.54) is 18.2 Å². The van der Waals surface area contributed by atoms with Crippen LogP contribution in [0.4, 0.5) is 0 Å². The summed E-state index contributed by atoms with van der Waals surface area (Å²) in [5.74, 6) is -0.534. The molecule has 0 spiro atoms. The molecule has 0 atom stereocenters. The Labute approximate surface area is 118 Å². The van der Waals surface area contributed by atoms with E-state index >= 15 is 0 Å². The second-order valence-electron chi connectivity index (χ2n) is 3.99. The minimum absolute atomic E-state index is 0.162. The summed E-state index contributed by atoms with van der Waals surface area (Å²) in [7, 11) is 0. The van der Waals surface area contributed by atoms with Gasteiger partial charge in [-0.25, -0.2) is 4.79 Å². The van der Waals surface area contributed by atoms with Gasteiger partial charge in [-0.3, -0.25) is 4.79 Å². The Balaban J connectivity index is 0.000000956. The highest BCUT2D eigenvalue weighted by Crippen LogP contribution is 2.06. The number of nitrogens with one attached hydrogen (secondary N) is 1. The first-order chi connectivity index (χ1) is 9.65. The zero-order valence-electron chi connectivity index (χ0n) is 12.0. The van der Waals surface area contributed by atoms with Crippen molar-refractivity contribution in [2.75, 3.05) is 0 Å². The molecule has 0 unspecified atom stereocenters. The van der Waals surface area contributed by atoms with Crippen LogP contribution >= 0.6 is 0 Å². The van der Waals surface area contributed by atoms with Gasteiger partial charge in [0.25, 0.3) is 0 Å². The van der Waals surface area contributed by atoms with Crippen LogP contribution < -0.4 is 5.56 Å². The Hall–Kier alpha value is -2.36. The molecule has 4 heteroatoms. The first kappa shape index (κ1) is 15.7. The molecule has 2 aromatic rings. The molecule has 0 radical (unpaired) electrons. The molecule has 1 heterocycles. The molecule has 0 amide bonds. The summed E-state index contributed by atoms with van der Waals surface area (Å²) in [5, 5.41) is 0. The summed E-state index contributed by atoms with van der Waals surface area (Å²) in [5.41, 5.74) is 1.90. The van der Waals surface area contributed by atoms with Gasteiger partial charge >= 0.3 is 5.97 Å². The number of H-pyrrole nitrogens is 1. The van der Waals surface area contributed by atoms with Crippen molar-refractivity contribution < 1.29 is 9.53 Å². The van der Waals surface area contributed by atoms with E-state index in [0.717, 1.165) is 11.1 Å². The normalized spacial score (nSPS) is 9.35. The topological polar surface area (TPSA) is 59.2 Å². The molecule has 0 aliphatic heterocycles. The molecule has 0 fully saturated rings. The number of carbonyl (C=O) groups excluding carboxylic acids is 1. The zero-order chi connectivity index (χ0) is 15.0. The van der Waals surface area contributed by atoms with E-state index in [0.29, 0.717) is 0 Å². The number of ether oxygens (including phenoxy) is 1. The Kier molecular flexibility index (Phi) is 6.23. The van der Waals surface area contributed by atoms with Crippen LogP contribution in [0.1, 0.15) is 35.5 Å². The SMILES string of the molecule is CC.Cc1ccc(COC(=O)c2cccc(=O)[nH]2)cc1. The van der Waals surface area contributed by atoms with E-state index in [1.807, 2.05) is 45.0 Å². The lowest BCUT2D eigenvalue weighted by Gasteiger charge is -2.04. The lowest BCUT2D eigenvalue weighted by atomic mass is 10.2. The van der Waals surface area contributed by atoms with E-state index in [4.69, 9.17) is 4.74 Å². The van der Waals surface area contributed by atoms with E-state index < -0.39 is 5.97 Å². The second kappa shape index (κ2) is 7.94. The molecule has 0 bridgehead atoms. The molecule has 2 rings (SSSR count). The minimum atomic E-state index is -0.534. The Morgan fingerprint density at radius 3 is 2.35 bits per heavy atom. The van der Waals surface area contributed by atoms with Gasteiger partial charge in [-0.15, -0.1) is 0 Å². The van der Waals surface area contributed by atoms with Crippen LogP contribution in [0.25, 0.3) is 0 Å². The van der Waals surface area contributed by atoms with Crippen molar-refractivity contribution in [3.63, 3.8) is 0 Å². The highest BCUT2D eigenvalue weighted by Gasteiger charge is 2.07. The number of benzene rings is 1. The van der Waals surface area contributed by atoms with Crippen LogP contribution in [0.5, 0.6) is 0 Å². The summed E-state index contributed by atoms with van der Waals surface area (Å²) >= 11 is 0. The maximum absolute atomic E-state index is 11.6. The standard InChI is InChI=1S/C14H13NO3.C2H6/c1-10-5-7-11(8-6-10)9-18-14(17)12-3-2-4-13(16)15-12;1-2/h2-8H,9H2,1H3,(H,15,16);1-2H3. The van der Waals surface area contributed by atoms with Gasteiger partial charge in [0.1, 0.15) is 12.3 Å². The number of carbonyl (C=O) groups is 1. The van der Waals surface area contributed by atoms with Crippen LogP contribution in [0, 0.1) is 6.92 Å². The smallest absolute Gasteiger partial charge is 0.355 e. The molecular weight excluding hydrogens is 254 g/mol. The maximum atomic E-state index is 11.6. The fourth-order valence-corrected chi connectivity index (χ4v) is 1.48. The number of rotatable bonds is 3. The highest BCUT2D eigenvalue weighted by molar-refractivity contribution is 5.87. The van der Waals surface area contributed by atoms with Gasteiger partial charge in [0.15, 0.2) is 0 Å². The number of aryl methyl sites for hydroxylation is 1. The largest absolute Gasteiger partial charge is 0.456 e. The van der Waals surface area contributed by atoms with Crippen molar-refractivity contribution in [3.8, 4) is 0 Å². The summed E-state index contributed by atoms with van der Waals surface area (Å²) in [6.07, 6.45) is 0. The molecule has 1 aromatic carbocycles. The molecule has 4 nitrogen and oxygen atoms in total. The molecule has 1 N–H and O–H groups in total. The van der Waals surface area contributed by atoms with Crippen LogP contribution in [-0.4, -0.2) is 11.0 Å².